The molecule has 0 bridgehead atoms. The highest BCUT2D eigenvalue weighted by Gasteiger charge is 2.33. The van der Waals surface area contributed by atoms with Crippen molar-refractivity contribution in [2.75, 3.05) is 26.2 Å². The highest BCUT2D eigenvalue weighted by molar-refractivity contribution is 7.89. The van der Waals surface area contributed by atoms with Crippen molar-refractivity contribution in [3.05, 3.63) is 24.0 Å². The van der Waals surface area contributed by atoms with Crippen LogP contribution in [0, 0.1) is 11.3 Å². The number of nitrogens with two attached hydrogens (primary N) is 1. The molecule has 0 aromatic carbocycles. The molecule has 21 heavy (non-hydrogen) atoms. The second-order valence-electron chi connectivity index (χ2n) is 4.31. The van der Waals surface area contributed by atoms with Gasteiger partial charge in [-0.15, -0.1) is 0 Å². The predicted molar refractivity (Wildman–Crippen MR) is 72.4 cm³/mol. The van der Waals surface area contributed by atoms with E-state index in [0.29, 0.717) is 0 Å². The molecule has 1 aromatic rings. The van der Waals surface area contributed by atoms with E-state index in [2.05, 4.69) is 4.98 Å². The molecule has 0 saturated carbocycles. The third-order valence-electron chi connectivity index (χ3n) is 3.05. The molecule has 2 rings (SSSR count). The van der Waals surface area contributed by atoms with Gasteiger partial charge in [0, 0.05) is 32.4 Å². The summed E-state index contributed by atoms with van der Waals surface area (Å²) in [5, 5.41) is 13.9. The molecule has 0 radical (unpaired) electrons. The van der Waals surface area contributed by atoms with Crippen LogP contribution in [0.25, 0.3) is 0 Å². The van der Waals surface area contributed by atoms with Gasteiger partial charge in [0.1, 0.15) is 11.0 Å². The van der Waals surface area contributed by atoms with E-state index in [1.807, 2.05) is 0 Å². The lowest BCUT2D eigenvalue weighted by Gasteiger charge is -2.32. The van der Waals surface area contributed by atoms with E-state index in [-0.39, 0.29) is 36.8 Å². The maximum atomic E-state index is 12.5. The zero-order chi connectivity index (χ0) is 15.7. The van der Waals surface area contributed by atoms with Crippen LogP contribution in [0.3, 0.4) is 0 Å². The average Bonchev–Trinajstić information content (AvgIpc) is 2.46. The van der Waals surface area contributed by atoms with E-state index < -0.39 is 20.2 Å². The minimum atomic E-state index is -3.89. The summed E-state index contributed by atoms with van der Waals surface area (Å²) >= 11 is 0. The third-order valence-corrected chi connectivity index (χ3v) is 6.07. The summed E-state index contributed by atoms with van der Waals surface area (Å²) in [5.41, 5.74) is -0.189. The highest BCUT2D eigenvalue weighted by Crippen LogP contribution is 2.20. The number of nitrogens with zero attached hydrogens (tertiary/aromatic N) is 4. The summed E-state index contributed by atoms with van der Waals surface area (Å²) < 4.78 is 49.4. The Morgan fingerprint density at radius 3 is 2.24 bits per heavy atom. The average molecular weight is 331 g/mol. The molecule has 9 nitrogen and oxygen atoms in total. The Labute approximate surface area is 122 Å². The van der Waals surface area contributed by atoms with Crippen LogP contribution in [-0.4, -0.2) is 56.6 Å². The van der Waals surface area contributed by atoms with E-state index in [4.69, 9.17) is 10.4 Å². The number of nitriles is 1. The van der Waals surface area contributed by atoms with Gasteiger partial charge in [0.05, 0.1) is 0 Å². The molecule has 1 aliphatic heterocycles. The lowest BCUT2D eigenvalue weighted by Crippen LogP contribution is -2.52. The van der Waals surface area contributed by atoms with Gasteiger partial charge < -0.3 is 0 Å². The van der Waals surface area contributed by atoms with Gasteiger partial charge in [0.25, 0.3) is 10.2 Å². The number of pyridine rings is 1. The molecule has 0 amide bonds. The molecule has 0 atom stereocenters. The number of piperazine rings is 1. The fourth-order valence-corrected chi connectivity index (χ4v) is 4.17. The number of hydrogen-bond acceptors (Lipinski definition) is 6. The number of rotatable bonds is 3. The van der Waals surface area contributed by atoms with Gasteiger partial charge in [-0.2, -0.15) is 22.3 Å². The topological polar surface area (TPSA) is 137 Å². The number of aromatic nitrogens is 1. The van der Waals surface area contributed by atoms with Crippen LogP contribution < -0.4 is 5.14 Å². The molecular weight excluding hydrogens is 318 g/mol. The zero-order valence-electron chi connectivity index (χ0n) is 10.9. The van der Waals surface area contributed by atoms with Gasteiger partial charge in [0.15, 0.2) is 5.69 Å². The molecule has 2 N–H and O–H groups in total. The van der Waals surface area contributed by atoms with Gasteiger partial charge in [-0.1, -0.05) is 0 Å². The zero-order valence-corrected chi connectivity index (χ0v) is 12.5. The van der Waals surface area contributed by atoms with Crippen molar-refractivity contribution < 1.29 is 16.8 Å². The van der Waals surface area contributed by atoms with Crippen LogP contribution in [0.4, 0.5) is 0 Å². The molecule has 1 saturated heterocycles. The first-order valence-electron chi connectivity index (χ1n) is 5.90. The van der Waals surface area contributed by atoms with Crippen molar-refractivity contribution in [3.63, 3.8) is 0 Å². The van der Waals surface area contributed by atoms with Crippen LogP contribution in [0.1, 0.15) is 5.69 Å². The van der Waals surface area contributed by atoms with Crippen LogP contribution in [0.2, 0.25) is 0 Å². The normalized spacial score (nSPS) is 18.3. The highest BCUT2D eigenvalue weighted by atomic mass is 32.2. The van der Waals surface area contributed by atoms with Crippen LogP contribution in [0.5, 0.6) is 0 Å². The summed E-state index contributed by atoms with van der Waals surface area (Å²) in [7, 11) is -7.71. The smallest absolute Gasteiger partial charge is 0.244 e. The first kappa shape index (κ1) is 15.8. The maximum absolute atomic E-state index is 12.5. The molecule has 1 fully saturated rings. The Hall–Kier alpha value is -1.58. The van der Waals surface area contributed by atoms with E-state index >= 15 is 0 Å². The summed E-state index contributed by atoms with van der Waals surface area (Å²) in [6.45, 7) is -0.114. The summed E-state index contributed by atoms with van der Waals surface area (Å²) in [5.74, 6) is 0. The Bertz CT molecular complexity index is 776. The summed E-state index contributed by atoms with van der Waals surface area (Å²) in [6, 6.07) is 4.45. The fraction of sp³-hybridized carbons (Fsp3) is 0.400. The van der Waals surface area contributed by atoms with Gasteiger partial charge in [-0.3, -0.25) is 0 Å². The van der Waals surface area contributed by atoms with Crippen LogP contribution in [0.15, 0.2) is 23.2 Å². The lowest BCUT2D eigenvalue weighted by molar-refractivity contribution is 0.273. The second-order valence-corrected chi connectivity index (χ2v) is 7.76. The SMILES string of the molecule is N#Cc1ncccc1S(=O)(=O)N1CCN(S(N)(=O)=O)CC1. The Morgan fingerprint density at radius 2 is 1.71 bits per heavy atom. The third kappa shape index (κ3) is 3.20. The van der Waals surface area contributed by atoms with Gasteiger partial charge in [0.2, 0.25) is 10.0 Å². The quantitative estimate of drug-likeness (QED) is 0.712. The minimum Gasteiger partial charge on any atom is -0.244 e. The fourth-order valence-electron chi connectivity index (χ4n) is 1.99. The largest absolute Gasteiger partial charge is 0.276 e. The monoisotopic (exact) mass is 331 g/mol. The molecule has 1 aromatic heterocycles. The number of hydrogen-bond donors (Lipinski definition) is 1. The predicted octanol–water partition coefficient (Wildman–Crippen LogP) is -1.54. The summed E-state index contributed by atoms with van der Waals surface area (Å²) in [4.78, 5) is 3.54. The Balaban J connectivity index is 2.26. The molecule has 0 spiro atoms. The maximum Gasteiger partial charge on any atom is 0.276 e. The van der Waals surface area contributed by atoms with Gasteiger partial charge >= 0.3 is 0 Å². The second kappa shape index (κ2) is 5.66. The van der Waals surface area contributed by atoms with Crippen molar-refractivity contribution >= 4 is 20.2 Å². The first-order chi connectivity index (χ1) is 9.76. The van der Waals surface area contributed by atoms with Crippen molar-refractivity contribution in [1.82, 2.24) is 13.6 Å². The van der Waals surface area contributed by atoms with Gasteiger partial charge in [-0.25, -0.2) is 18.5 Å². The van der Waals surface area contributed by atoms with E-state index in [9.17, 15) is 16.8 Å². The first-order valence-corrected chi connectivity index (χ1v) is 8.84. The molecule has 1 aliphatic rings. The molecular formula is C10H13N5O4S2. The molecule has 0 aliphatic carbocycles. The Morgan fingerprint density at radius 1 is 1.14 bits per heavy atom. The minimum absolute atomic E-state index is 0.0276. The molecule has 0 unspecified atom stereocenters. The van der Waals surface area contributed by atoms with Crippen molar-refractivity contribution in [3.8, 4) is 6.07 Å². The number of sulfonamides is 1. The van der Waals surface area contributed by atoms with Crippen molar-refractivity contribution in [1.29, 1.82) is 5.26 Å². The molecule has 114 valence electrons. The Kier molecular flexibility index (Phi) is 4.26. The lowest BCUT2D eigenvalue weighted by atomic mass is 10.4. The van der Waals surface area contributed by atoms with E-state index in [1.165, 1.54) is 18.3 Å². The van der Waals surface area contributed by atoms with Gasteiger partial charge in [-0.05, 0) is 12.1 Å². The summed E-state index contributed by atoms with van der Waals surface area (Å²) in [6.07, 6.45) is 1.33. The van der Waals surface area contributed by atoms with Crippen LogP contribution in [-0.2, 0) is 20.2 Å². The van der Waals surface area contributed by atoms with E-state index in [0.717, 1.165) is 8.61 Å². The van der Waals surface area contributed by atoms with E-state index in [1.54, 1.807) is 6.07 Å². The molecule has 11 heteroatoms. The van der Waals surface area contributed by atoms with Crippen LogP contribution >= 0.6 is 0 Å². The van der Waals surface area contributed by atoms with Crippen molar-refractivity contribution in [2.24, 2.45) is 5.14 Å². The van der Waals surface area contributed by atoms with Crippen molar-refractivity contribution in [2.45, 2.75) is 4.90 Å². The standard InChI is InChI=1S/C10H13N5O4S2/c11-8-9-10(2-1-3-13-9)20(16,17)14-4-6-15(7-5-14)21(12,18)19/h1-3H,4-7H2,(H2,12,18,19). The molecule has 2 heterocycles.